The first-order chi connectivity index (χ1) is 6.24. The highest BCUT2D eigenvalue weighted by atomic mass is 15.1. The second kappa shape index (κ2) is 5.61. The zero-order valence-electron chi connectivity index (χ0n) is 9.13. The second-order valence-electron chi connectivity index (χ2n) is 4.55. The van der Waals surface area contributed by atoms with Crippen molar-refractivity contribution >= 4 is 0 Å². The quantitative estimate of drug-likeness (QED) is 0.706. The Hall–Kier alpha value is -0.0800. The van der Waals surface area contributed by atoms with Crippen molar-refractivity contribution in [1.29, 1.82) is 0 Å². The first kappa shape index (κ1) is 11.0. The summed E-state index contributed by atoms with van der Waals surface area (Å²) in [4.78, 5) is 2.53. The first-order valence-electron chi connectivity index (χ1n) is 5.64. The lowest BCUT2D eigenvalue weighted by atomic mass is 10.1. The molecule has 0 heterocycles. The molecule has 1 aliphatic carbocycles. The monoisotopic (exact) mass is 184 g/mol. The summed E-state index contributed by atoms with van der Waals surface area (Å²) in [7, 11) is 2.26. The lowest BCUT2D eigenvalue weighted by Gasteiger charge is -2.25. The Bertz CT molecular complexity index is 130. The summed E-state index contributed by atoms with van der Waals surface area (Å²) in [6.07, 6.45) is 6.94. The lowest BCUT2D eigenvalue weighted by molar-refractivity contribution is 0.230. The normalized spacial score (nSPS) is 21.2. The first-order valence-corrected chi connectivity index (χ1v) is 5.64. The van der Waals surface area contributed by atoms with Crippen LogP contribution in [-0.2, 0) is 0 Å². The minimum Gasteiger partial charge on any atom is -0.330 e. The standard InChI is InChI=1S/C11H24N2/c1-10(9-12)7-8-13(2)11-5-3-4-6-11/h10-11H,3-9,12H2,1-2H3. The summed E-state index contributed by atoms with van der Waals surface area (Å²) >= 11 is 0. The fourth-order valence-corrected chi connectivity index (χ4v) is 2.07. The van der Waals surface area contributed by atoms with Gasteiger partial charge in [0.2, 0.25) is 0 Å². The van der Waals surface area contributed by atoms with E-state index in [1.54, 1.807) is 0 Å². The van der Waals surface area contributed by atoms with E-state index in [0.717, 1.165) is 12.6 Å². The summed E-state index contributed by atoms with van der Waals surface area (Å²) in [6, 6.07) is 0.866. The van der Waals surface area contributed by atoms with Gasteiger partial charge in [-0.2, -0.15) is 0 Å². The van der Waals surface area contributed by atoms with Gasteiger partial charge in [-0.1, -0.05) is 19.8 Å². The average Bonchev–Trinajstić information content (AvgIpc) is 2.66. The Labute approximate surface area is 82.5 Å². The summed E-state index contributed by atoms with van der Waals surface area (Å²) in [5.41, 5.74) is 5.59. The van der Waals surface area contributed by atoms with Gasteiger partial charge in [0, 0.05) is 6.04 Å². The predicted octanol–water partition coefficient (Wildman–Crippen LogP) is 1.85. The van der Waals surface area contributed by atoms with Crippen molar-refractivity contribution in [2.75, 3.05) is 20.1 Å². The molecule has 0 amide bonds. The summed E-state index contributed by atoms with van der Waals surface area (Å²) in [5.74, 6) is 0.684. The number of hydrogen-bond acceptors (Lipinski definition) is 2. The third-order valence-electron chi connectivity index (χ3n) is 3.33. The van der Waals surface area contributed by atoms with Crippen LogP contribution in [0, 0.1) is 5.92 Å². The molecule has 0 radical (unpaired) electrons. The third-order valence-corrected chi connectivity index (χ3v) is 3.33. The van der Waals surface area contributed by atoms with Crippen molar-refractivity contribution in [3.63, 3.8) is 0 Å². The van der Waals surface area contributed by atoms with Gasteiger partial charge in [-0.3, -0.25) is 0 Å². The van der Waals surface area contributed by atoms with Crippen LogP contribution in [0.3, 0.4) is 0 Å². The zero-order valence-corrected chi connectivity index (χ0v) is 9.13. The molecular formula is C11H24N2. The molecule has 1 saturated carbocycles. The van der Waals surface area contributed by atoms with Gasteiger partial charge >= 0.3 is 0 Å². The Morgan fingerprint density at radius 2 is 2.00 bits per heavy atom. The number of nitrogens with zero attached hydrogens (tertiary/aromatic N) is 1. The fraction of sp³-hybridized carbons (Fsp3) is 1.00. The summed E-state index contributed by atoms with van der Waals surface area (Å²) in [5, 5.41) is 0. The highest BCUT2D eigenvalue weighted by Crippen LogP contribution is 2.22. The van der Waals surface area contributed by atoms with Crippen molar-refractivity contribution in [2.24, 2.45) is 11.7 Å². The van der Waals surface area contributed by atoms with Gasteiger partial charge in [-0.15, -0.1) is 0 Å². The van der Waals surface area contributed by atoms with E-state index in [9.17, 15) is 0 Å². The van der Waals surface area contributed by atoms with Crippen molar-refractivity contribution in [2.45, 2.75) is 45.1 Å². The van der Waals surface area contributed by atoms with Crippen LogP contribution in [0.5, 0.6) is 0 Å². The van der Waals surface area contributed by atoms with Gasteiger partial charge < -0.3 is 10.6 Å². The molecule has 13 heavy (non-hydrogen) atoms. The third kappa shape index (κ3) is 3.65. The maximum Gasteiger partial charge on any atom is 0.00922 e. The van der Waals surface area contributed by atoms with Gasteiger partial charge in [0.25, 0.3) is 0 Å². The zero-order chi connectivity index (χ0) is 9.68. The largest absolute Gasteiger partial charge is 0.330 e. The summed E-state index contributed by atoms with van der Waals surface area (Å²) < 4.78 is 0. The van der Waals surface area contributed by atoms with Gasteiger partial charge in [-0.25, -0.2) is 0 Å². The van der Waals surface area contributed by atoms with Gasteiger partial charge in [0.15, 0.2) is 0 Å². The Balaban J connectivity index is 2.12. The molecule has 0 aromatic rings. The molecule has 1 fully saturated rings. The maximum atomic E-state index is 5.59. The van der Waals surface area contributed by atoms with Crippen LogP contribution in [0.25, 0.3) is 0 Å². The highest BCUT2D eigenvalue weighted by Gasteiger charge is 2.19. The smallest absolute Gasteiger partial charge is 0.00922 e. The van der Waals surface area contributed by atoms with E-state index in [2.05, 4.69) is 18.9 Å². The number of rotatable bonds is 5. The molecule has 2 nitrogen and oxygen atoms in total. The molecule has 0 aromatic heterocycles. The fourth-order valence-electron chi connectivity index (χ4n) is 2.07. The van der Waals surface area contributed by atoms with Crippen LogP contribution < -0.4 is 5.73 Å². The molecule has 1 unspecified atom stereocenters. The molecule has 0 bridgehead atoms. The van der Waals surface area contributed by atoms with E-state index >= 15 is 0 Å². The Morgan fingerprint density at radius 3 is 2.54 bits per heavy atom. The molecule has 1 aliphatic rings. The van der Waals surface area contributed by atoms with Crippen molar-refractivity contribution in [3.05, 3.63) is 0 Å². The van der Waals surface area contributed by atoms with Crippen LogP contribution in [-0.4, -0.2) is 31.1 Å². The van der Waals surface area contributed by atoms with Crippen LogP contribution >= 0.6 is 0 Å². The molecule has 0 spiro atoms. The van der Waals surface area contributed by atoms with Crippen LogP contribution in [0.1, 0.15) is 39.0 Å². The topological polar surface area (TPSA) is 29.3 Å². The minimum atomic E-state index is 0.684. The molecular weight excluding hydrogens is 160 g/mol. The van der Waals surface area contributed by atoms with Gasteiger partial charge in [0.1, 0.15) is 0 Å². The maximum absolute atomic E-state index is 5.59. The second-order valence-corrected chi connectivity index (χ2v) is 4.55. The molecule has 78 valence electrons. The molecule has 0 aliphatic heterocycles. The molecule has 2 heteroatoms. The van der Waals surface area contributed by atoms with Crippen LogP contribution in [0.2, 0.25) is 0 Å². The SMILES string of the molecule is CC(CN)CCN(C)C1CCCC1. The van der Waals surface area contributed by atoms with E-state index < -0.39 is 0 Å². The Morgan fingerprint density at radius 1 is 1.38 bits per heavy atom. The van der Waals surface area contributed by atoms with Crippen LogP contribution in [0.15, 0.2) is 0 Å². The summed E-state index contributed by atoms with van der Waals surface area (Å²) in [6.45, 7) is 4.30. The Kier molecular flexibility index (Phi) is 4.74. The predicted molar refractivity (Wildman–Crippen MR) is 57.7 cm³/mol. The van der Waals surface area contributed by atoms with E-state index in [4.69, 9.17) is 5.73 Å². The van der Waals surface area contributed by atoms with E-state index in [1.165, 1.54) is 38.6 Å². The molecule has 0 saturated heterocycles. The molecule has 1 atom stereocenters. The van der Waals surface area contributed by atoms with E-state index in [-0.39, 0.29) is 0 Å². The molecule has 2 N–H and O–H groups in total. The highest BCUT2D eigenvalue weighted by molar-refractivity contribution is 4.75. The minimum absolute atomic E-state index is 0.684. The lowest BCUT2D eigenvalue weighted by Crippen LogP contribution is -2.31. The average molecular weight is 184 g/mol. The van der Waals surface area contributed by atoms with Gasteiger partial charge in [-0.05, 0) is 45.3 Å². The van der Waals surface area contributed by atoms with Crippen molar-refractivity contribution in [3.8, 4) is 0 Å². The van der Waals surface area contributed by atoms with E-state index in [0.29, 0.717) is 5.92 Å². The molecule has 0 aromatic carbocycles. The van der Waals surface area contributed by atoms with Crippen molar-refractivity contribution in [1.82, 2.24) is 4.90 Å². The van der Waals surface area contributed by atoms with Gasteiger partial charge in [0.05, 0.1) is 0 Å². The van der Waals surface area contributed by atoms with Crippen molar-refractivity contribution < 1.29 is 0 Å². The van der Waals surface area contributed by atoms with Crippen LogP contribution in [0.4, 0.5) is 0 Å². The number of nitrogens with two attached hydrogens (primary N) is 1. The van der Waals surface area contributed by atoms with E-state index in [1.807, 2.05) is 0 Å². The molecule has 1 rings (SSSR count). The number of hydrogen-bond donors (Lipinski definition) is 1.